The summed E-state index contributed by atoms with van der Waals surface area (Å²) in [5.74, 6) is 0. The Balaban J connectivity index is 3.22. The minimum Gasteiger partial charge on any atom is -0.379 e. The molecule has 0 aromatic carbocycles. The van der Waals surface area contributed by atoms with Crippen LogP contribution in [-0.2, 0) is 9.47 Å². The smallest absolute Gasteiger partial charge is 0.0784 e. The van der Waals surface area contributed by atoms with E-state index in [2.05, 4.69) is 6.58 Å². The third-order valence-electron chi connectivity index (χ3n) is 1.17. The lowest BCUT2D eigenvalue weighted by atomic mass is 10.4. The van der Waals surface area contributed by atoms with Crippen LogP contribution in [0.25, 0.3) is 0 Å². The molecular weight excluding hydrogens is 140 g/mol. The fourth-order valence-electron chi connectivity index (χ4n) is 0.616. The summed E-state index contributed by atoms with van der Waals surface area (Å²) in [6, 6.07) is 0. The molecule has 0 aliphatic rings. The van der Waals surface area contributed by atoms with Crippen molar-refractivity contribution in [2.45, 2.75) is 26.9 Å². The van der Waals surface area contributed by atoms with Gasteiger partial charge in [-0.3, -0.25) is 0 Å². The van der Waals surface area contributed by atoms with Crippen LogP contribution in [0.2, 0.25) is 0 Å². The highest BCUT2D eigenvalue weighted by Gasteiger charge is 2.00. The van der Waals surface area contributed by atoms with Gasteiger partial charge in [-0.1, -0.05) is 12.2 Å². The molecule has 2 nitrogen and oxygen atoms in total. The molecular formula is C9H18O2. The van der Waals surface area contributed by atoms with Crippen molar-refractivity contribution in [3.05, 3.63) is 12.2 Å². The summed E-state index contributed by atoms with van der Waals surface area (Å²) < 4.78 is 10.6. The molecule has 0 saturated carbocycles. The van der Waals surface area contributed by atoms with Crippen molar-refractivity contribution in [1.82, 2.24) is 0 Å². The predicted molar refractivity (Wildman–Crippen MR) is 46.7 cm³/mol. The fourth-order valence-corrected chi connectivity index (χ4v) is 0.616. The molecule has 0 aliphatic heterocycles. The van der Waals surface area contributed by atoms with Gasteiger partial charge in [-0.2, -0.15) is 0 Å². The Morgan fingerprint density at radius 1 is 1.55 bits per heavy atom. The molecule has 0 bridgehead atoms. The summed E-state index contributed by atoms with van der Waals surface area (Å²) >= 11 is 0. The lowest BCUT2D eigenvalue weighted by molar-refractivity contribution is 0.00608. The van der Waals surface area contributed by atoms with E-state index in [-0.39, 0.29) is 6.10 Å². The molecule has 0 spiro atoms. The highest BCUT2D eigenvalue weighted by molar-refractivity contribution is 4.87. The van der Waals surface area contributed by atoms with Crippen LogP contribution in [0.15, 0.2) is 12.2 Å². The second-order valence-electron chi connectivity index (χ2n) is 2.74. The molecule has 0 aliphatic carbocycles. The van der Waals surface area contributed by atoms with Gasteiger partial charge in [-0.15, -0.1) is 0 Å². The van der Waals surface area contributed by atoms with Crippen molar-refractivity contribution in [2.75, 3.05) is 19.8 Å². The van der Waals surface area contributed by atoms with Crippen LogP contribution in [0.1, 0.15) is 20.8 Å². The van der Waals surface area contributed by atoms with E-state index >= 15 is 0 Å². The van der Waals surface area contributed by atoms with Gasteiger partial charge in [0, 0.05) is 6.61 Å². The van der Waals surface area contributed by atoms with Gasteiger partial charge in [-0.25, -0.2) is 0 Å². The van der Waals surface area contributed by atoms with Crippen LogP contribution in [0, 0.1) is 0 Å². The van der Waals surface area contributed by atoms with Crippen molar-refractivity contribution in [1.29, 1.82) is 0 Å². The third kappa shape index (κ3) is 7.56. The SMILES string of the molecule is C=C(C)CO[C@H](C)COCC. The maximum absolute atomic E-state index is 5.38. The largest absolute Gasteiger partial charge is 0.379 e. The molecule has 0 saturated heterocycles. The quantitative estimate of drug-likeness (QED) is 0.550. The summed E-state index contributed by atoms with van der Waals surface area (Å²) in [6.45, 7) is 11.7. The molecule has 2 heteroatoms. The Bertz CT molecular complexity index is 110. The number of ether oxygens (including phenoxy) is 2. The number of hydrogen-bond donors (Lipinski definition) is 0. The average Bonchev–Trinajstić information content (AvgIpc) is 1.97. The van der Waals surface area contributed by atoms with E-state index in [1.165, 1.54) is 0 Å². The molecule has 0 radical (unpaired) electrons. The highest BCUT2D eigenvalue weighted by atomic mass is 16.5. The van der Waals surface area contributed by atoms with E-state index in [1.807, 2.05) is 20.8 Å². The Labute approximate surface area is 69.2 Å². The van der Waals surface area contributed by atoms with Gasteiger partial charge in [-0.05, 0) is 20.8 Å². The average molecular weight is 158 g/mol. The molecule has 0 fully saturated rings. The first kappa shape index (κ1) is 10.7. The van der Waals surface area contributed by atoms with Gasteiger partial charge in [0.25, 0.3) is 0 Å². The Morgan fingerprint density at radius 3 is 2.64 bits per heavy atom. The normalized spacial score (nSPS) is 13.0. The second-order valence-corrected chi connectivity index (χ2v) is 2.74. The molecule has 0 N–H and O–H groups in total. The molecule has 0 aromatic heterocycles. The molecule has 0 aromatic rings. The lowest BCUT2D eigenvalue weighted by Gasteiger charge is -2.12. The van der Waals surface area contributed by atoms with Gasteiger partial charge < -0.3 is 9.47 Å². The molecule has 0 amide bonds. The molecule has 0 rings (SSSR count). The maximum Gasteiger partial charge on any atom is 0.0784 e. The van der Waals surface area contributed by atoms with E-state index < -0.39 is 0 Å². The second kappa shape index (κ2) is 6.38. The van der Waals surface area contributed by atoms with Gasteiger partial charge in [0.05, 0.1) is 19.3 Å². The van der Waals surface area contributed by atoms with Crippen LogP contribution in [0.3, 0.4) is 0 Å². The first-order valence-corrected chi connectivity index (χ1v) is 4.00. The van der Waals surface area contributed by atoms with Crippen LogP contribution in [0.4, 0.5) is 0 Å². The molecule has 66 valence electrons. The Morgan fingerprint density at radius 2 is 2.18 bits per heavy atom. The zero-order valence-electron chi connectivity index (χ0n) is 7.72. The zero-order valence-corrected chi connectivity index (χ0v) is 7.72. The first-order valence-electron chi connectivity index (χ1n) is 4.00. The lowest BCUT2D eigenvalue weighted by Crippen LogP contribution is -2.16. The van der Waals surface area contributed by atoms with Gasteiger partial charge in [0.15, 0.2) is 0 Å². The van der Waals surface area contributed by atoms with Crippen molar-refractivity contribution in [2.24, 2.45) is 0 Å². The monoisotopic (exact) mass is 158 g/mol. The van der Waals surface area contributed by atoms with Crippen molar-refractivity contribution in [3.8, 4) is 0 Å². The van der Waals surface area contributed by atoms with E-state index in [1.54, 1.807) is 0 Å². The van der Waals surface area contributed by atoms with Crippen LogP contribution in [0.5, 0.6) is 0 Å². The first-order chi connectivity index (χ1) is 5.16. The van der Waals surface area contributed by atoms with Crippen LogP contribution >= 0.6 is 0 Å². The summed E-state index contributed by atoms with van der Waals surface area (Å²) in [6.07, 6.45) is 0.173. The minimum atomic E-state index is 0.173. The number of rotatable bonds is 6. The highest BCUT2D eigenvalue weighted by Crippen LogP contribution is 1.95. The fraction of sp³-hybridized carbons (Fsp3) is 0.778. The predicted octanol–water partition coefficient (Wildman–Crippen LogP) is 2.00. The van der Waals surface area contributed by atoms with Gasteiger partial charge in [0.2, 0.25) is 0 Å². The Kier molecular flexibility index (Phi) is 6.18. The van der Waals surface area contributed by atoms with Crippen molar-refractivity contribution >= 4 is 0 Å². The molecule has 11 heavy (non-hydrogen) atoms. The van der Waals surface area contributed by atoms with Crippen molar-refractivity contribution < 1.29 is 9.47 Å². The maximum atomic E-state index is 5.38. The molecule has 0 unspecified atom stereocenters. The molecule has 0 heterocycles. The standard InChI is InChI=1S/C9H18O2/c1-5-10-7-9(4)11-6-8(2)3/h9H,2,5-7H2,1,3-4H3/t9-/m1/s1. The molecule has 1 atom stereocenters. The third-order valence-corrected chi connectivity index (χ3v) is 1.17. The van der Waals surface area contributed by atoms with Crippen LogP contribution < -0.4 is 0 Å². The van der Waals surface area contributed by atoms with E-state index in [4.69, 9.17) is 9.47 Å². The van der Waals surface area contributed by atoms with Crippen molar-refractivity contribution in [3.63, 3.8) is 0 Å². The van der Waals surface area contributed by atoms with E-state index in [0.29, 0.717) is 13.2 Å². The summed E-state index contributed by atoms with van der Waals surface area (Å²) in [5, 5.41) is 0. The Hall–Kier alpha value is -0.340. The van der Waals surface area contributed by atoms with Crippen LogP contribution in [-0.4, -0.2) is 25.9 Å². The summed E-state index contributed by atoms with van der Waals surface area (Å²) in [4.78, 5) is 0. The van der Waals surface area contributed by atoms with Gasteiger partial charge >= 0.3 is 0 Å². The van der Waals surface area contributed by atoms with Gasteiger partial charge in [0.1, 0.15) is 0 Å². The number of hydrogen-bond acceptors (Lipinski definition) is 2. The van der Waals surface area contributed by atoms with E-state index in [0.717, 1.165) is 12.2 Å². The summed E-state index contributed by atoms with van der Waals surface area (Å²) in [7, 11) is 0. The topological polar surface area (TPSA) is 18.5 Å². The zero-order chi connectivity index (χ0) is 8.69. The summed E-state index contributed by atoms with van der Waals surface area (Å²) in [5.41, 5.74) is 1.05. The minimum absolute atomic E-state index is 0.173. The van der Waals surface area contributed by atoms with E-state index in [9.17, 15) is 0 Å².